The quantitative estimate of drug-likeness (QED) is 0.135. The number of rotatable bonds is 15. The molecule has 0 N–H and O–H groups in total. The number of benzene rings is 1. The number of nitrogens with zero attached hydrogens (tertiary/aromatic N) is 2. The van der Waals surface area contributed by atoms with E-state index in [1.54, 1.807) is 12.1 Å². The van der Waals surface area contributed by atoms with Crippen LogP contribution in [-0.2, 0) is 47.8 Å². The molecule has 1 unspecified atom stereocenters. The Balaban J connectivity index is 2.35. The van der Waals surface area contributed by atoms with Gasteiger partial charge in [-0.1, -0.05) is 24.3 Å². The van der Waals surface area contributed by atoms with Crippen molar-refractivity contribution in [2.45, 2.75) is 25.4 Å². The summed E-state index contributed by atoms with van der Waals surface area (Å²) in [5.74, 6) is -2.23. The van der Waals surface area contributed by atoms with E-state index in [1.165, 1.54) is 33.5 Å². The molecule has 1 heterocycles. The molecule has 1 atom stereocenters. The van der Waals surface area contributed by atoms with Gasteiger partial charge < -0.3 is 38.3 Å². The van der Waals surface area contributed by atoms with E-state index < -0.39 is 36.3 Å². The van der Waals surface area contributed by atoms with Crippen LogP contribution in [0.5, 0.6) is 5.88 Å². The van der Waals surface area contributed by atoms with E-state index in [9.17, 15) is 23.1 Å². The number of carboxylic acids is 1. The van der Waals surface area contributed by atoms with Crippen LogP contribution in [-0.4, -0.2) is 63.4 Å². The van der Waals surface area contributed by atoms with E-state index in [4.69, 9.17) is 28.4 Å². The third-order valence-corrected chi connectivity index (χ3v) is 5.38. The number of halogens is 4. The van der Waals surface area contributed by atoms with Gasteiger partial charge in [0.05, 0.1) is 32.5 Å². The van der Waals surface area contributed by atoms with Crippen molar-refractivity contribution in [2.75, 3.05) is 41.5 Å². The Bertz CT molecular complexity index is 1030. The molecule has 2 rings (SSSR count). The van der Waals surface area contributed by atoms with Crippen LogP contribution in [0, 0.1) is 0 Å². The van der Waals surface area contributed by atoms with Gasteiger partial charge in [-0.15, -0.1) is 5.10 Å². The monoisotopic (exact) mass is 581 g/mol. The standard InChI is InChI=1S/C22H26BrF3N2O8/c1-31-11-17(21(29)30)16-7-5-4-6-14(16)9-35-20-18(22(24,25)26)19(23)28(27-20)8-15(36-13-33-3)10-34-12-32-2/h4-7,11,15H,8-10,12-13H2,1-3H3,(H,29,30)/p-1/b17-11+. The minimum absolute atomic E-state index is 0.00769. The number of aromatic nitrogens is 2. The summed E-state index contributed by atoms with van der Waals surface area (Å²) >= 11 is 2.96. The molecule has 0 bridgehead atoms. The SMILES string of the molecule is CO/C=C(/C(=O)[O-])c1ccccc1COc1nn(CC(COCOC)OCOC)c(Br)c1C(F)(F)F. The van der Waals surface area contributed by atoms with Gasteiger partial charge in [0.25, 0.3) is 0 Å². The summed E-state index contributed by atoms with van der Waals surface area (Å²) < 4.78 is 72.9. The lowest BCUT2D eigenvalue weighted by molar-refractivity contribution is -0.295. The van der Waals surface area contributed by atoms with Crippen LogP contribution in [0.15, 0.2) is 35.1 Å². The zero-order chi connectivity index (χ0) is 26.7. The molecule has 0 aliphatic rings. The Morgan fingerprint density at radius 2 is 1.89 bits per heavy atom. The first-order valence-electron chi connectivity index (χ1n) is 10.3. The lowest BCUT2D eigenvalue weighted by atomic mass is 10.0. The van der Waals surface area contributed by atoms with Gasteiger partial charge in [0.15, 0.2) is 5.56 Å². The van der Waals surface area contributed by atoms with Gasteiger partial charge in [-0.3, -0.25) is 4.68 Å². The zero-order valence-corrected chi connectivity index (χ0v) is 21.3. The zero-order valence-electron chi connectivity index (χ0n) is 19.7. The fraction of sp³-hybridized carbons (Fsp3) is 0.455. The second kappa shape index (κ2) is 14.2. The van der Waals surface area contributed by atoms with Gasteiger partial charge in [-0.2, -0.15) is 13.2 Å². The number of methoxy groups -OCH3 is 3. The molecule has 0 spiro atoms. The van der Waals surface area contributed by atoms with E-state index >= 15 is 0 Å². The fourth-order valence-corrected chi connectivity index (χ4v) is 3.67. The molecule has 200 valence electrons. The normalized spacial score (nSPS) is 13.0. The van der Waals surface area contributed by atoms with Crippen molar-refractivity contribution in [2.24, 2.45) is 0 Å². The van der Waals surface area contributed by atoms with Crippen molar-refractivity contribution in [3.8, 4) is 5.88 Å². The molecule has 36 heavy (non-hydrogen) atoms. The van der Waals surface area contributed by atoms with Crippen molar-refractivity contribution < 1.29 is 51.5 Å². The van der Waals surface area contributed by atoms with Gasteiger partial charge in [0.1, 0.15) is 30.9 Å². The molecule has 10 nitrogen and oxygen atoms in total. The van der Waals surface area contributed by atoms with E-state index in [1.807, 2.05) is 0 Å². The predicted octanol–water partition coefficient (Wildman–Crippen LogP) is 2.59. The van der Waals surface area contributed by atoms with Crippen LogP contribution in [0.1, 0.15) is 16.7 Å². The average molecular weight is 582 g/mol. The number of carbonyl (C=O) groups excluding carboxylic acids is 1. The van der Waals surface area contributed by atoms with E-state index in [0.717, 1.165) is 10.9 Å². The van der Waals surface area contributed by atoms with Crippen LogP contribution in [0.2, 0.25) is 0 Å². The first-order valence-corrected chi connectivity index (χ1v) is 11.1. The van der Waals surface area contributed by atoms with Crippen LogP contribution in [0.3, 0.4) is 0 Å². The average Bonchev–Trinajstić information content (AvgIpc) is 3.14. The lowest BCUT2D eigenvalue weighted by Crippen LogP contribution is -2.27. The first-order chi connectivity index (χ1) is 17.1. The Morgan fingerprint density at radius 3 is 2.50 bits per heavy atom. The Morgan fingerprint density at radius 1 is 1.19 bits per heavy atom. The van der Waals surface area contributed by atoms with Crippen LogP contribution < -0.4 is 9.84 Å². The van der Waals surface area contributed by atoms with Crippen LogP contribution >= 0.6 is 15.9 Å². The highest BCUT2D eigenvalue weighted by Crippen LogP contribution is 2.41. The maximum absolute atomic E-state index is 13.9. The minimum atomic E-state index is -4.81. The molecule has 1 aromatic carbocycles. The largest absolute Gasteiger partial charge is 0.545 e. The summed E-state index contributed by atoms with van der Waals surface area (Å²) in [6.07, 6.45) is -4.57. The number of hydrogen-bond acceptors (Lipinski definition) is 9. The highest BCUT2D eigenvalue weighted by Gasteiger charge is 2.41. The first kappa shape index (κ1) is 29.6. The smallest absolute Gasteiger partial charge is 0.424 e. The molecule has 0 aliphatic carbocycles. The third-order valence-electron chi connectivity index (χ3n) is 4.57. The number of ether oxygens (including phenoxy) is 6. The number of carbonyl (C=O) groups is 1. The van der Waals surface area contributed by atoms with Crippen molar-refractivity contribution in [1.82, 2.24) is 9.78 Å². The van der Waals surface area contributed by atoms with Crippen molar-refractivity contribution in [3.63, 3.8) is 0 Å². The summed E-state index contributed by atoms with van der Waals surface area (Å²) in [7, 11) is 4.08. The lowest BCUT2D eigenvalue weighted by Gasteiger charge is -2.18. The van der Waals surface area contributed by atoms with E-state index in [-0.39, 0.29) is 48.0 Å². The summed E-state index contributed by atoms with van der Waals surface area (Å²) in [6, 6.07) is 6.10. The maximum atomic E-state index is 13.9. The number of hydrogen-bond donors (Lipinski definition) is 0. The second-order valence-corrected chi connectivity index (χ2v) is 7.87. The van der Waals surface area contributed by atoms with Gasteiger partial charge in [-0.05, 0) is 27.1 Å². The molecule has 1 aromatic heterocycles. The summed E-state index contributed by atoms with van der Waals surface area (Å²) in [4.78, 5) is 11.5. The Hall–Kier alpha value is -2.65. The van der Waals surface area contributed by atoms with Crippen molar-refractivity contribution in [1.29, 1.82) is 0 Å². The highest BCUT2D eigenvalue weighted by atomic mass is 79.9. The molecule has 0 amide bonds. The van der Waals surface area contributed by atoms with Crippen molar-refractivity contribution in [3.05, 3.63) is 51.8 Å². The van der Waals surface area contributed by atoms with Crippen LogP contribution in [0.25, 0.3) is 5.57 Å². The molecule has 0 saturated heterocycles. The Kier molecular flexibility index (Phi) is 11.7. The third kappa shape index (κ3) is 8.20. The van der Waals surface area contributed by atoms with Crippen LogP contribution in [0.4, 0.5) is 13.2 Å². The Labute approximate surface area is 213 Å². The number of carboxylic acid groups (broad SMARTS) is 1. The molecular formula is C22H25BrF3N2O8-. The number of alkyl halides is 3. The van der Waals surface area contributed by atoms with Gasteiger partial charge in [0, 0.05) is 19.8 Å². The highest BCUT2D eigenvalue weighted by molar-refractivity contribution is 9.10. The molecule has 0 radical (unpaired) electrons. The second-order valence-electron chi connectivity index (χ2n) is 7.12. The molecule has 2 aromatic rings. The fourth-order valence-electron chi connectivity index (χ4n) is 3.05. The molecular weight excluding hydrogens is 557 g/mol. The molecule has 0 fully saturated rings. The predicted molar refractivity (Wildman–Crippen MR) is 120 cm³/mol. The van der Waals surface area contributed by atoms with E-state index in [2.05, 4.69) is 21.0 Å². The molecule has 0 saturated carbocycles. The van der Waals surface area contributed by atoms with Gasteiger partial charge >= 0.3 is 6.18 Å². The van der Waals surface area contributed by atoms with Gasteiger partial charge in [-0.25, -0.2) is 0 Å². The minimum Gasteiger partial charge on any atom is -0.545 e. The molecule has 14 heteroatoms. The summed E-state index contributed by atoms with van der Waals surface area (Å²) in [5.41, 5.74) is -1.00. The number of aliphatic carboxylic acids is 1. The maximum Gasteiger partial charge on any atom is 0.424 e. The topological polar surface area (TPSA) is 113 Å². The summed E-state index contributed by atoms with van der Waals surface area (Å²) in [6.45, 7) is -0.728. The van der Waals surface area contributed by atoms with Crippen molar-refractivity contribution >= 4 is 27.5 Å². The molecule has 0 aliphatic heterocycles. The van der Waals surface area contributed by atoms with Gasteiger partial charge in [0.2, 0.25) is 5.88 Å². The van der Waals surface area contributed by atoms with E-state index in [0.29, 0.717) is 0 Å². The summed E-state index contributed by atoms with van der Waals surface area (Å²) in [5, 5.41) is 15.5.